The van der Waals surface area contributed by atoms with Crippen LogP contribution in [0.5, 0.6) is 5.75 Å². The van der Waals surface area contributed by atoms with E-state index in [0.717, 1.165) is 14.6 Å². The van der Waals surface area contributed by atoms with Crippen LogP contribution in [0.15, 0.2) is 46.8 Å². The zero-order chi connectivity index (χ0) is 17.1. The standard InChI is InChI=1S/C17H15ClN2O2S2/c1-10(23-17-20-13-5-3-4-6-15(13)24-17)16(21)19-11-7-8-14(22-2)12(18)9-11/h3-10H,1-2H3,(H,19,21). The Morgan fingerprint density at radius 3 is 2.83 bits per heavy atom. The molecular weight excluding hydrogens is 364 g/mol. The molecule has 124 valence electrons. The fraction of sp³-hybridized carbons (Fsp3) is 0.176. The van der Waals surface area contributed by atoms with Gasteiger partial charge < -0.3 is 10.1 Å². The van der Waals surface area contributed by atoms with Crippen molar-refractivity contribution < 1.29 is 9.53 Å². The number of aromatic nitrogens is 1. The van der Waals surface area contributed by atoms with Crippen molar-refractivity contribution in [3.63, 3.8) is 0 Å². The van der Waals surface area contributed by atoms with Gasteiger partial charge in [0.2, 0.25) is 5.91 Å². The molecule has 1 unspecified atom stereocenters. The van der Waals surface area contributed by atoms with Crippen molar-refractivity contribution in [3.05, 3.63) is 47.5 Å². The average Bonchev–Trinajstić information content (AvgIpc) is 2.97. The van der Waals surface area contributed by atoms with E-state index in [-0.39, 0.29) is 11.2 Å². The Labute approximate surface area is 153 Å². The number of hydrogen-bond donors (Lipinski definition) is 1. The van der Waals surface area contributed by atoms with E-state index in [1.54, 1.807) is 36.6 Å². The molecule has 7 heteroatoms. The summed E-state index contributed by atoms with van der Waals surface area (Å²) in [4.78, 5) is 16.9. The molecule has 1 N–H and O–H groups in total. The number of carbonyl (C=O) groups is 1. The first-order valence-corrected chi connectivity index (χ1v) is 9.31. The number of halogens is 1. The molecule has 0 saturated heterocycles. The van der Waals surface area contributed by atoms with Crippen molar-refractivity contribution in [2.45, 2.75) is 16.5 Å². The predicted molar refractivity (Wildman–Crippen MR) is 102 cm³/mol. The maximum atomic E-state index is 12.4. The van der Waals surface area contributed by atoms with Crippen LogP contribution in [0, 0.1) is 0 Å². The van der Waals surface area contributed by atoms with Crippen molar-refractivity contribution in [1.82, 2.24) is 4.98 Å². The van der Waals surface area contributed by atoms with Crippen molar-refractivity contribution in [2.24, 2.45) is 0 Å². The Balaban J connectivity index is 1.67. The highest BCUT2D eigenvalue weighted by Gasteiger charge is 2.17. The SMILES string of the molecule is COc1ccc(NC(=O)C(C)Sc2nc3ccccc3s2)cc1Cl. The molecule has 0 fully saturated rings. The summed E-state index contributed by atoms with van der Waals surface area (Å²) in [7, 11) is 1.55. The highest BCUT2D eigenvalue weighted by Crippen LogP contribution is 2.32. The Morgan fingerprint density at radius 2 is 2.12 bits per heavy atom. The lowest BCUT2D eigenvalue weighted by Gasteiger charge is -2.11. The zero-order valence-electron chi connectivity index (χ0n) is 13.1. The first-order valence-electron chi connectivity index (χ1n) is 7.23. The number of thioether (sulfide) groups is 1. The highest BCUT2D eigenvalue weighted by molar-refractivity contribution is 8.02. The van der Waals surface area contributed by atoms with Crippen LogP contribution in [-0.4, -0.2) is 23.3 Å². The summed E-state index contributed by atoms with van der Waals surface area (Å²) in [6, 6.07) is 13.1. The van der Waals surface area contributed by atoms with E-state index < -0.39 is 0 Å². The molecule has 0 bridgehead atoms. The third kappa shape index (κ3) is 3.83. The second-order valence-electron chi connectivity index (χ2n) is 5.05. The molecular formula is C17H15ClN2O2S2. The number of carbonyl (C=O) groups excluding carboxylic acids is 1. The van der Waals surface area contributed by atoms with Gasteiger partial charge in [-0.05, 0) is 37.3 Å². The zero-order valence-corrected chi connectivity index (χ0v) is 15.5. The molecule has 3 rings (SSSR count). The number of hydrogen-bond acceptors (Lipinski definition) is 5. The molecule has 1 atom stereocenters. The average molecular weight is 379 g/mol. The Morgan fingerprint density at radius 1 is 1.33 bits per heavy atom. The van der Waals surface area contributed by atoms with Crippen LogP contribution in [-0.2, 0) is 4.79 Å². The number of methoxy groups -OCH3 is 1. The number of rotatable bonds is 5. The van der Waals surface area contributed by atoms with E-state index in [4.69, 9.17) is 16.3 Å². The molecule has 2 aromatic carbocycles. The van der Waals surface area contributed by atoms with E-state index in [1.165, 1.54) is 11.8 Å². The lowest BCUT2D eigenvalue weighted by atomic mass is 10.3. The van der Waals surface area contributed by atoms with Gasteiger partial charge in [0.1, 0.15) is 5.75 Å². The molecule has 1 heterocycles. The number of benzene rings is 2. The van der Waals surface area contributed by atoms with Crippen LogP contribution in [0.2, 0.25) is 5.02 Å². The van der Waals surface area contributed by atoms with Gasteiger partial charge in [0, 0.05) is 5.69 Å². The van der Waals surface area contributed by atoms with E-state index in [9.17, 15) is 4.79 Å². The number of para-hydroxylation sites is 1. The largest absolute Gasteiger partial charge is 0.495 e. The van der Waals surface area contributed by atoms with Crippen LogP contribution in [0.4, 0.5) is 5.69 Å². The fourth-order valence-corrected chi connectivity index (χ4v) is 4.56. The number of anilines is 1. The first-order chi connectivity index (χ1) is 11.6. The molecule has 0 aliphatic carbocycles. The second kappa shape index (κ2) is 7.42. The van der Waals surface area contributed by atoms with Crippen LogP contribution in [0.25, 0.3) is 10.2 Å². The topological polar surface area (TPSA) is 51.2 Å². The lowest BCUT2D eigenvalue weighted by molar-refractivity contribution is -0.115. The third-order valence-electron chi connectivity index (χ3n) is 3.34. The van der Waals surface area contributed by atoms with Crippen molar-refractivity contribution in [3.8, 4) is 5.75 Å². The van der Waals surface area contributed by atoms with E-state index in [2.05, 4.69) is 10.3 Å². The van der Waals surface area contributed by atoms with Gasteiger partial charge in [0.05, 0.1) is 27.6 Å². The maximum absolute atomic E-state index is 12.4. The Bertz CT molecular complexity index is 849. The van der Waals surface area contributed by atoms with Crippen molar-refractivity contribution >= 4 is 56.5 Å². The van der Waals surface area contributed by atoms with Gasteiger partial charge in [-0.1, -0.05) is 35.5 Å². The van der Waals surface area contributed by atoms with Crippen molar-refractivity contribution in [1.29, 1.82) is 0 Å². The van der Waals surface area contributed by atoms with Gasteiger partial charge in [-0.3, -0.25) is 4.79 Å². The Hall–Kier alpha value is -1.76. The molecule has 0 aliphatic heterocycles. The van der Waals surface area contributed by atoms with Crippen LogP contribution in [0.1, 0.15) is 6.92 Å². The van der Waals surface area contributed by atoms with E-state index >= 15 is 0 Å². The van der Waals surface area contributed by atoms with Crippen LogP contribution < -0.4 is 10.1 Å². The molecule has 4 nitrogen and oxygen atoms in total. The molecule has 24 heavy (non-hydrogen) atoms. The van der Waals surface area contributed by atoms with Crippen molar-refractivity contribution in [2.75, 3.05) is 12.4 Å². The number of amides is 1. The maximum Gasteiger partial charge on any atom is 0.237 e. The molecule has 0 aliphatic rings. The van der Waals surface area contributed by atoms with Gasteiger partial charge in [-0.15, -0.1) is 11.3 Å². The van der Waals surface area contributed by atoms with Crippen LogP contribution >= 0.6 is 34.7 Å². The quantitative estimate of drug-likeness (QED) is 0.629. The minimum absolute atomic E-state index is 0.0968. The van der Waals surface area contributed by atoms with Gasteiger partial charge in [-0.25, -0.2) is 4.98 Å². The first kappa shape index (κ1) is 17.1. The summed E-state index contributed by atoms with van der Waals surface area (Å²) < 4.78 is 7.11. The monoisotopic (exact) mass is 378 g/mol. The van der Waals surface area contributed by atoms with Gasteiger partial charge in [0.25, 0.3) is 0 Å². The van der Waals surface area contributed by atoms with Crippen LogP contribution in [0.3, 0.4) is 0 Å². The molecule has 0 saturated carbocycles. The second-order valence-corrected chi connectivity index (χ2v) is 8.07. The molecule has 0 radical (unpaired) electrons. The normalized spacial score (nSPS) is 12.1. The lowest BCUT2D eigenvalue weighted by Crippen LogP contribution is -2.22. The number of thiazole rings is 1. The predicted octanol–water partition coefficient (Wildman–Crippen LogP) is 5.08. The molecule has 0 spiro atoms. The summed E-state index contributed by atoms with van der Waals surface area (Å²) in [6.07, 6.45) is 0. The van der Waals surface area contributed by atoms with Gasteiger partial charge in [-0.2, -0.15) is 0 Å². The van der Waals surface area contributed by atoms with E-state index in [0.29, 0.717) is 16.5 Å². The summed E-state index contributed by atoms with van der Waals surface area (Å²) >= 11 is 9.11. The fourth-order valence-electron chi connectivity index (χ4n) is 2.09. The van der Waals surface area contributed by atoms with E-state index in [1.807, 2.05) is 31.2 Å². The smallest absolute Gasteiger partial charge is 0.237 e. The summed E-state index contributed by atoms with van der Waals surface area (Å²) in [5, 5.41) is 3.05. The Kier molecular flexibility index (Phi) is 5.28. The number of fused-ring (bicyclic) bond motifs is 1. The number of nitrogens with one attached hydrogen (secondary N) is 1. The number of ether oxygens (including phenoxy) is 1. The highest BCUT2D eigenvalue weighted by atomic mass is 35.5. The summed E-state index contributed by atoms with van der Waals surface area (Å²) in [5.74, 6) is 0.479. The van der Waals surface area contributed by atoms with Gasteiger partial charge >= 0.3 is 0 Å². The summed E-state index contributed by atoms with van der Waals surface area (Å²) in [5.41, 5.74) is 1.60. The third-order valence-corrected chi connectivity index (χ3v) is 5.87. The van der Waals surface area contributed by atoms with Gasteiger partial charge in [0.15, 0.2) is 4.34 Å². The number of nitrogens with zero attached hydrogens (tertiary/aromatic N) is 1. The minimum Gasteiger partial charge on any atom is -0.495 e. The summed E-state index contributed by atoms with van der Waals surface area (Å²) in [6.45, 7) is 1.86. The molecule has 3 aromatic rings. The molecule has 1 amide bonds. The molecule has 1 aromatic heterocycles. The minimum atomic E-state index is -0.272.